The number of hydrogen-bond donors (Lipinski definition) is 0. The van der Waals surface area contributed by atoms with Crippen molar-refractivity contribution in [2.45, 2.75) is 45.7 Å². The molecular formula is C21H30FN3O2. The average molecular weight is 375 g/mol. The van der Waals surface area contributed by atoms with Crippen LogP contribution >= 0.6 is 0 Å². The maximum atomic E-state index is 13.2. The number of amides is 2. The van der Waals surface area contributed by atoms with Crippen LogP contribution in [0.15, 0.2) is 24.3 Å². The highest BCUT2D eigenvalue weighted by Gasteiger charge is 2.32. The first-order chi connectivity index (χ1) is 12.9. The third-order valence-electron chi connectivity index (χ3n) is 5.70. The van der Waals surface area contributed by atoms with Gasteiger partial charge in [0.2, 0.25) is 11.8 Å². The molecule has 2 heterocycles. The van der Waals surface area contributed by atoms with Crippen molar-refractivity contribution in [1.29, 1.82) is 0 Å². The SMILES string of the molecule is CC(C)C1CN(CCN2CCCC2=O)CCC(=O)N1Cc1ccc(F)cc1. The van der Waals surface area contributed by atoms with Gasteiger partial charge in [-0.05, 0) is 30.0 Å². The number of halogens is 1. The van der Waals surface area contributed by atoms with E-state index in [9.17, 15) is 14.0 Å². The Labute approximate surface area is 161 Å². The molecule has 0 N–H and O–H groups in total. The molecule has 1 atom stereocenters. The summed E-state index contributed by atoms with van der Waals surface area (Å²) in [6.07, 6.45) is 2.11. The molecule has 0 aliphatic carbocycles. The molecule has 2 aliphatic rings. The third-order valence-corrected chi connectivity index (χ3v) is 5.70. The first-order valence-corrected chi connectivity index (χ1v) is 9.98. The Balaban J connectivity index is 1.66. The van der Waals surface area contributed by atoms with Crippen LogP contribution in [0.4, 0.5) is 4.39 Å². The minimum absolute atomic E-state index is 0.110. The number of carbonyl (C=O) groups is 2. The van der Waals surface area contributed by atoms with Crippen molar-refractivity contribution in [3.63, 3.8) is 0 Å². The molecule has 0 aromatic heterocycles. The lowest BCUT2D eigenvalue weighted by Crippen LogP contribution is -2.47. The first kappa shape index (κ1) is 19.8. The van der Waals surface area contributed by atoms with Crippen LogP contribution in [-0.2, 0) is 16.1 Å². The van der Waals surface area contributed by atoms with Gasteiger partial charge >= 0.3 is 0 Å². The molecule has 0 bridgehead atoms. The number of hydrogen-bond acceptors (Lipinski definition) is 3. The fraction of sp³-hybridized carbons (Fsp3) is 0.619. The van der Waals surface area contributed by atoms with Crippen molar-refractivity contribution in [3.05, 3.63) is 35.6 Å². The minimum Gasteiger partial charge on any atom is -0.341 e. The Bertz CT molecular complexity index is 662. The summed E-state index contributed by atoms with van der Waals surface area (Å²) in [6.45, 7) is 8.75. The van der Waals surface area contributed by atoms with E-state index in [1.54, 1.807) is 12.1 Å². The maximum absolute atomic E-state index is 13.2. The zero-order chi connectivity index (χ0) is 19.4. The van der Waals surface area contributed by atoms with E-state index in [4.69, 9.17) is 0 Å². The van der Waals surface area contributed by atoms with Gasteiger partial charge in [-0.25, -0.2) is 4.39 Å². The number of nitrogens with zero attached hydrogens (tertiary/aromatic N) is 3. The van der Waals surface area contributed by atoms with E-state index >= 15 is 0 Å². The molecule has 1 aromatic carbocycles. The standard InChI is InChI=1S/C21H30FN3O2/c1-16(2)19-15-23(12-13-24-10-3-4-20(24)26)11-9-21(27)25(19)14-17-5-7-18(22)8-6-17/h5-8,16,19H,3-4,9-15H2,1-2H3. The van der Waals surface area contributed by atoms with Gasteiger partial charge in [0.1, 0.15) is 5.82 Å². The van der Waals surface area contributed by atoms with E-state index in [2.05, 4.69) is 18.7 Å². The largest absolute Gasteiger partial charge is 0.341 e. The summed E-state index contributed by atoms with van der Waals surface area (Å²) < 4.78 is 13.2. The predicted molar refractivity (Wildman–Crippen MR) is 102 cm³/mol. The van der Waals surface area contributed by atoms with Crippen LogP contribution in [0.3, 0.4) is 0 Å². The zero-order valence-electron chi connectivity index (χ0n) is 16.4. The molecule has 148 valence electrons. The van der Waals surface area contributed by atoms with Crippen molar-refractivity contribution < 1.29 is 14.0 Å². The van der Waals surface area contributed by atoms with Gasteiger partial charge in [0, 0.05) is 58.2 Å². The normalized spacial score (nSPS) is 22.0. The lowest BCUT2D eigenvalue weighted by Gasteiger charge is -2.35. The summed E-state index contributed by atoms with van der Waals surface area (Å²) in [7, 11) is 0. The maximum Gasteiger partial charge on any atom is 0.224 e. The molecule has 6 heteroatoms. The Morgan fingerprint density at radius 2 is 1.78 bits per heavy atom. The summed E-state index contributed by atoms with van der Waals surface area (Å²) in [5.41, 5.74) is 0.950. The smallest absolute Gasteiger partial charge is 0.224 e. The molecule has 2 aliphatic heterocycles. The zero-order valence-corrected chi connectivity index (χ0v) is 16.4. The molecule has 1 aromatic rings. The van der Waals surface area contributed by atoms with Crippen LogP contribution in [0, 0.1) is 11.7 Å². The summed E-state index contributed by atoms with van der Waals surface area (Å²) in [5, 5.41) is 0. The molecule has 1 unspecified atom stereocenters. The molecule has 0 radical (unpaired) electrons. The fourth-order valence-electron chi connectivity index (χ4n) is 4.01. The molecule has 0 spiro atoms. The van der Waals surface area contributed by atoms with Gasteiger partial charge in [0.25, 0.3) is 0 Å². The highest BCUT2D eigenvalue weighted by Crippen LogP contribution is 2.21. The highest BCUT2D eigenvalue weighted by atomic mass is 19.1. The molecule has 0 saturated carbocycles. The number of carbonyl (C=O) groups excluding carboxylic acids is 2. The second-order valence-electron chi connectivity index (χ2n) is 7.99. The summed E-state index contributed by atoms with van der Waals surface area (Å²) >= 11 is 0. The molecule has 5 nitrogen and oxygen atoms in total. The second-order valence-corrected chi connectivity index (χ2v) is 7.99. The van der Waals surface area contributed by atoms with Crippen LogP contribution < -0.4 is 0 Å². The Hall–Kier alpha value is -1.95. The van der Waals surface area contributed by atoms with Gasteiger partial charge in [-0.1, -0.05) is 26.0 Å². The van der Waals surface area contributed by atoms with Gasteiger partial charge in [-0.3, -0.25) is 14.5 Å². The Morgan fingerprint density at radius 3 is 2.41 bits per heavy atom. The van der Waals surface area contributed by atoms with E-state index < -0.39 is 0 Å². The fourth-order valence-corrected chi connectivity index (χ4v) is 4.01. The second kappa shape index (κ2) is 8.83. The highest BCUT2D eigenvalue weighted by molar-refractivity contribution is 5.78. The molecule has 2 amide bonds. The average Bonchev–Trinajstić information content (AvgIpc) is 2.98. The van der Waals surface area contributed by atoms with Gasteiger partial charge in [-0.15, -0.1) is 0 Å². The summed E-state index contributed by atoms with van der Waals surface area (Å²) in [5.74, 6) is 0.462. The first-order valence-electron chi connectivity index (χ1n) is 9.98. The van der Waals surface area contributed by atoms with Crippen molar-refractivity contribution in [2.24, 2.45) is 5.92 Å². The van der Waals surface area contributed by atoms with Crippen molar-refractivity contribution in [1.82, 2.24) is 14.7 Å². The van der Waals surface area contributed by atoms with Crippen LogP contribution in [0.1, 0.15) is 38.7 Å². The van der Waals surface area contributed by atoms with E-state index in [-0.39, 0.29) is 23.7 Å². The van der Waals surface area contributed by atoms with Crippen LogP contribution in [0.25, 0.3) is 0 Å². The summed E-state index contributed by atoms with van der Waals surface area (Å²) in [6, 6.07) is 6.51. The lowest BCUT2D eigenvalue weighted by atomic mass is 10.0. The van der Waals surface area contributed by atoms with E-state index in [1.165, 1.54) is 12.1 Å². The van der Waals surface area contributed by atoms with Crippen LogP contribution in [0.5, 0.6) is 0 Å². The van der Waals surface area contributed by atoms with E-state index in [0.29, 0.717) is 25.3 Å². The number of benzene rings is 1. The van der Waals surface area contributed by atoms with Crippen LogP contribution in [-0.4, -0.2) is 65.3 Å². The van der Waals surface area contributed by atoms with Crippen molar-refractivity contribution in [3.8, 4) is 0 Å². The molecule has 27 heavy (non-hydrogen) atoms. The summed E-state index contributed by atoms with van der Waals surface area (Å²) in [4.78, 5) is 30.9. The van der Waals surface area contributed by atoms with Gasteiger partial charge < -0.3 is 9.80 Å². The van der Waals surface area contributed by atoms with Crippen molar-refractivity contribution >= 4 is 11.8 Å². The minimum atomic E-state index is -0.260. The monoisotopic (exact) mass is 375 g/mol. The van der Waals surface area contributed by atoms with E-state index in [1.807, 2.05) is 9.80 Å². The molecule has 3 rings (SSSR count). The molecule has 2 fully saturated rings. The van der Waals surface area contributed by atoms with Gasteiger partial charge in [0.05, 0.1) is 0 Å². The molecular weight excluding hydrogens is 345 g/mol. The van der Waals surface area contributed by atoms with Gasteiger partial charge in [-0.2, -0.15) is 0 Å². The van der Waals surface area contributed by atoms with Crippen LogP contribution in [0.2, 0.25) is 0 Å². The Morgan fingerprint density at radius 1 is 1.04 bits per heavy atom. The van der Waals surface area contributed by atoms with E-state index in [0.717, 1.165) is 44.7 Å². The predicted octanol–water partition coefficient (Wildman–Crippen LogP) is 2.51. The number of rotatable bonds is 6. The van der Waals surface area contributed by atoms with Crippen molar-refractivity contribution in [2.75, 3.05) is 32.7 Å². The lowest BCUT2D eigenvalue weighted by molar-refractivity contribution is -0.134. The Kier molecular flexibility index (Phi) is 6.47. The molecule has 2 saturated heterocycles. The quantitative estimate of drug-likeness (QED) is 0.767. The number of likely N-dealkylation sites (tertiary alicyclic amines) is 1. The third kappa shape index (κ3) is 5.06. The topological polar surface area (TPSA) is 43.9 Å². The van der Waals surface area contributed by atoms with Gasteiger partial charge in [0.15, 0.2) is 0 Å².